The first-order valence-electron chi connectivity index (χ1n) is 3.84. The number of hydrogen-bond acceptors (Lipinski definition) is 3. The minimum Gasteiger partial charge on any atom is -0.237 e. The SMILES string of the molecule is FC(F)(F)c1nc2cccnc2nc1Cl. The second kappa shape index (κ2) is 3.30. The zero-order valence-corrected chi connectivity index (χ0v) is 7.84. The van der Waals surface area contributed by atoms with Gasteiger partial charge in [-0.3, -0.25) is 0 Å². The zero-order chi connectivity index (χ0) is 11.1. The summed E-state index contributed by atoms with van der Waals surface area (Å²) in [6, 6.07) is 2.87. The lowest BCUT2D eigenvalue weighted by molar-refractivity contribution is -0.141. The summed E-state index contributed by atoms with van der Waals surface area (Å²) in [7, 11) is 0. The number of alkyl halides is 3. The number of hydrogen-bond donors (Lipinski definition) is 0. The first-order valence-corrected chi connectivity index (χ1v) is 4.22. The van der Waals surface area contributed by atoms with Gasteiger partial charge in [-0.1, -0.05) is 11.6 Å². The third-order valence-electron chi connectivity index (χ3n) is 1.67. The van der Waals surface area contributed by atoms with Gasteiger partial charge in [-0.15, -0.1) is 0 Å². The average molecular weight is 234 g/mol. The van der Waals surface area contributed by atoms with Crippen molar-refractivity contribution in [3.8, 4) is 0 Å². The Morgan fingerprint density at radius 1 is 1.20 bits per heavy atom. The summed E-state index contributed by atoms with van der Waals surface area (Å²) >= 11 is 5.35. The van der Waals surface area contributed by atoms with Crippen molar-refractivity contribution in [1.82, 2.24) is 15.0 Å². The van der Waals surface area contributed by atoms with Crippen molar-refractivity contribution in [2.45, 2.75) is 6.18 Å². The van der Waals surface area contributed by atoms with E-state index in [1.54, 1.807) is 0 Å². The fourth-order valence-corrected chi connectivity index (χ4v) is 1.28. The van der Waals surface area contributed by atoms with Gasteiger partial charge in [-0.25, -0.2) is 15.0 Å². The van der Waals surface area contributed by atoms with Crippen molar-refractivity contribution < 1.29 is 13.2 Å². The number of nitrogens with zero attached hydrogens (tertiary/aromatic N) is 3. The summed E-state index contributed by atoms with van der Waals surface area (Å²) in [6.07, 6.45) is -3.20. The van der Waals surface area contributed by atoms with Crippen LogP contribution in [0.3, 0.4) is 0 Å². The predicted molar refractivity (Wildman–Crippen MR) is 47.3 cm³/mol. The van der Waals surface area contributed by atoms with Crippen molar-refractivity contribution in [2.75, 3.05) is 0 Å². The van der Waals surface area contributed by atoms with Gasteiger partial charge in [-0.2, -0.15) is 13.2 Å². The van der Waals surface area contributed by atoms with Gasteiger partial charge >= 0.3 is 6.18 Å². The molecule has 0 bridgehead atoms. The van der Waals surface area contributed by atoms with E-state index in [9.17, 15) is 13.2 Å². The number of rotatable bonds is 0. The highest BCUT2D eigenvalue weighted by Crippen LogP contribution is 2.32. The molecule has 0 aliphatic heterocycles. The fraction of sp³-hybridized carbons (Fsp3) is 0.125. The third kappa shape index (κ3) is 1.85. The van der Waals surface area contributed by atoms with E-state index in [1.807, 2.05) is 0 Å². The van der Waals surface area contributed by atoms with E-state index < -0.39 is 17.0 Å². The Bertz CT molecular complexity index is 512. The van der Waals surface area contributed by atoms with Crippen LogP contribution in [0.2, 0.25) is 5.15 Å². The van der Waals surface area contributed by atoms with E-state index >= 15 is 0 Å². The lowest BCUT2D eigenvalue weighted by Crippen LogP contribution is -2.10. The monoisotopic (exact) mass is 233 g/mol. The standard InChI is InChI=1S/C8H3ClF3N3/c9-6-5(8(10,11)12)14-4-2-1-3-13-7(4)15-6/h1-3H. The first-order chi connectivity index (χ1) is 6.98. The van der Waals surface area contributed by atoms with Gasteiger partial charge in [0.25, 0.3) is 0 Å². The summed E-state index contributed by atoms with van der Waals surface area (Å²) in [5.41, 5.74) is -1.03. The summed E-state index contributed by atoms with van der Waals surface area (Å²) in [5.74, 6) is 0. The Morgan fingerprint density at radius 2 is 1.93 bits per heavy atom. The molecule has 0 aliphatic rings. The Hall–Kier alpha value is -1.43. The summed E-state index contributed by atoms with van der Waals surface area (Å²) in [4.78, 5) is 10.6. The molecule has 2 rings (SSSR count). The third-order valence-corrected chi connectivity index (χ3v) is 1.93. The fourth-order valence-electron chi connectivity index (χ4n) is 1.05. The van der Waals surface area contributed by atoms with Gasteiger partial charge in [0.05, 0.1) is 0 Å². The van der Waals surface area contributed by atoms with E-state index in [1.165, 1.54) is 18.3 Å². The number of fused-ring (bicyclic) bond motifs is 1. The van der Waals surface area contributed by atoms with Gasteiger partial charge in [0.2, 0.25) is 0 Å². The molecule has 0 saturated carbocycles. The molecule has 0 unspecified atom stereocenters. The van der Waals surface area contributed by atoms with Gasteiger partial charge in [0.1, 0.15) is 5.52 Å². The minimum absolute atomic E-state index is 0.0641. The number of halogens is 4. The zero-order valence-electron chi connectivity index (χ0n) is 7.09. The largest absolute Gasteiger partial charge is 0.436 e. The molecule has 0 N–H and O–H groups in total. The van der Waals surface area contributed by atoms with Crippen LogP contribution in [0.5, 0.6) is 0 Å². The van der Waals surface area contributed by atoms with Crippen LogP contribution in [0.15, 0.2) is 18.3 Å². The van der Waals surface area contributed by atoms with Crippen LogP contribution < -0.4 is 0 Å². The predicted octanol–water partition coefficient (Wildman–Crippen LogP) is 2.70. The van der Waals surface area contributed by atoms with Crippen molar-refractivity contribution in [2.24, 2.45) is 0 Å². The Morgan fingerprint density at radius 3 is 2.60 bits per heavy atom. The van der Waals surface area contributed by atoms with Crippen LogP contribution in [0.25, 0.3) is 11.2 Å². The van der Waals surface area contributed by atoms with E-state index in [0.717, 1.165) is 0 Å². The molecule has 0 aromatic carbocycles. The summed E-state index contributed by atoms with van der Waals surface area (Å²) < 4.78 is 37.1. The maximum Gasteiger partial charge on any atom is 0.436 e. The maximum absolute atomic E-state index is 12.4. The molecule has 0 spiro atoms. The van der Waals surface area contributed by atoms with Gasteiger partial charge in [0, 0.05) is 6.20 Å². The molecule has 3 nitrogen and oxygen atoms in total. The van der Waals surface area contributed by atoms with E-state index in [0.29, 0.717) is 0 Å². The van der Waals surface area contributed by atoms with Crippen molar-refractivity contribution in [1.29, 1.82) is 0 Å². The van der Waals surface area contributed by atoms with Crippen LogP contribution >= 0.6 is 11.6 Å². The highest BCUT2D eigenvalue weighted by Gasteiger charge is 2.36. The molecule has 0 amide bonds. The molecule has 0 atom stereocenters. The van der Waals surface area contributed by atoms with E-state index in [-0.39, 0.29) is 11.2 Å². The second-order valence-electron chi connectivity index (χ2n) is 2.71. The van der Waals surface area contributed by atoms with Gasteiger partial charge in [0.15, 0.2) is 16.5 Å². The van der Waals surface area contributed by atoms with Crippen LogP contribution in [0.1, 0.15) is 5.69 Å². The second-order valence-corrected chi connectivity index (χ2v) is 3.06. The van der Waals surface area contributed by atoms with E-state index in [2.05, 4.69) is 15.0 Å². The van der Waals surface area contributed by atoms with Crippen molar-refractivity contribution >= 4 is 22.8 Å². The molecule has 2 heterocycles. The molecular weight excluding hydrogens is 231 g/mol. The van der Waals surface area contributed by atoms with Crippen molar-refractivity contribution in [3.05, 3.63) is 29.2 Å². The molecule has 0 saturated heterocycles. The lowest BCUT2D eigenvalue weighted by atomic mass is 10.4. The summed E-state index contributed by atoms with van der Waals surface area (Å²) in [5, 5.41) is -0.686. The molecule has 15 heavy (non-hydrogen) atoms. The van der Waals surface area contributed by atoms with Crippen LogP contribution in [-0.4, -0.2) is 15.0 Å². The normalized spacial score (nSPS) is 12.0. The molecule has 2 aromatic heterocycles. The lowest BCUT2D eigenvalue weighted by Gasteiger charge is -2.07. The van der Waals surface area contributed by atoms with Crippen LogP contribution in [0.4, 0.5) is 13.2 Å². The Balaban J connectivity index is 2.73. The maximum atomic E-state index is 12.4. The molecule has 2 aromatic rings. The van der Waals surface area contributed by atoms with Crippen LogP contribution in [-0.2, 0) is 6.18 Å². The topological polar surface area (TPSA) is 38.7 Å². The highest BCUT2D eigenvalue weighted by atomic mass is 35.5. The first kappa shape index (κ1) is 10.1. The average Bonchev–Trinajstić information content (AvgIpc) is 2.15. The molecule has 78 valence electrons. The Labute approximate surface area is 86.9 Å². The molecule has 7 heteroatoms. The molecule has 0 radical (unpaired) electrons. The highest BCUT2D eigenvalue weighted by molar-refractivity contribution is 6.30. The molecular formula is C8H3ClF3N3. The van der Waals surface area contributed by atoms with Gasteiger partial charge < -0.3 is 0 Å². The molecule has 0 aliphatic carbocycles. The van der Waals surface area contributed by atoms with Gasteiger partial charge in [-0.05, 0) is 12.1 Å². The van der Waals surface area contributed by atoms with Crippen molar-refractivity contribution in [3.63, 3.8) is 0 Å². The molecule has 0 fully saturated rings. The smallest absolute Gasteiger partial charge is 0.237 e. The van der Waals surface area contributed by atoms with E-state index in [4.69, 9.17) is 11.6 Å². The van der Waals surface area contributed by atoms with Crippen LogP contribution in [0, 0.1) is 0 Å². The summed E-state index contributed by atoms with van der Waals surface area (Å²) in [6.45, 7) is 0. The quantitative estimate of drug-likeness (QED) is 0.702. The number of pyridine rings is 1. The number of aromatic nitrogens is 3. The minimum atomic E-state index is -4.60. The Kier molecular flexibility index (Phi) is 2.22.